The lowest BCUT2D eigenvalue weighted by molar-refractivity contribution is 1.49. The van der Waals surface area contributed by atoms with E-state index in [1.807, 2.05) is 6.20 Å². The van der Waals surface area contributed by atoms with Gasteiger partial charge in [0.1, 0.15) is 0 Å². The third-order valence-corrected chi connectivity index (χ3v) is 3.41. The molecule has 0 saturated carbocycles. The minimum atomic E-state index is 1.24. The quantitative estimate of drug-likeness (QED) is 0.605. The Kier molecular flexibility index (Phi) is 1.77. The van der Waals surface area contributed by atoms with Crippen molar-refractivity contribution in [2.24, 2.45) is 0 Å². The lowest BCUT2D eigenvalue weighted by Crippen LogP contribution is -1.79. The summed E-state index contributed by atoms with van der Waals surface area (Å²) in [6.45, 7) is 0. The zero-order valence-corrected chi connectivity index (χ0v) is 9.58. The van der Waals surface area contributed by atoms with Crippen molar-refractivity contribution in [1.82, 2.24) is 4.98 Å². The molecule has 0 aliphatic carbocycles. The van der Waals surface area contributed by atoms with Gasteiger partial charge in [0.15, 0.2) is 0 Å². The molecule has 2 heteroatoms. The van der Waals surface area contributed by atoms with E-state index in [1.54, 1.807) is 0 Å². The normalized spacial score (nSPS) is 11.2. The molecule has 14 heavy (non-hydrogen) atoms. The Labute approximate surface area is 95.3 Å². The van der Waals surface area contributed by atoms with Gasteiger partial charge in [0.2, 0.25) is 0 Å². The first-order chi connectivity index (χ1) is 6.86. The fraction of sp³-hybridized carbons (Fsp3) is 0. The van der Waals surface area contributed by atoms with Crippen molar-refractivity contribution in [3.05, 3.63) is 46.2 Å². The third kappa shape index (κ3) is 1.07. The topological polar surface area (TPSA) is 15.8 Å². The van der Waals surface area contributed by atoms with E-state index in [9.17, 15) is 0 Å². The van der Waals surface area contributed by atoms with E-state index in [2.05, 4.69) is 64.0 Å². The Hall–Kier alpha value is -1.03. The molecule has 0 atom stereocenters. The van der Waals surface area contributed by atoms with Gasteiger partial charge in [-0.05, 0) is 40.1 Å². The lowest BCUT2D eigenvalue weighted by atomic mass is 10.1. The van der Waals surface area contributed by atoms with E-state index in [0.717, 1.165) is 0 Å². The second-order valence-corrected chi connectivity index (χ2v) is 4.51. The summed E-state index contributed by atoms with van der Waals surface area (Å²) in [5.41, 5.74) is 1.24. The van der Waals surface area contributed by atoms with Crippen molar-refractivity contribution in [1.29, 1.82) is 0 Å². The number of aromatic amines is 1. The van der Waals surface area contributed by atoms with Gasteiger partial charge in [0.05, 0.1) is 5.52 Å². The Morgan fingerprint density at radius 3 is 2.64 bits per heavy atom. The molecular formula is C12H8IN. The minimum absolute atomic E-state index is 1.24. The minimum Gasteiger partial charge on any atom is -0.361 e. The number of fused-ring (bicyclic) bond motifs is 3. The molecular weight excluding hydrogens is 285 g/mol. The van der Waals surface area contributed by atoms with Crippen LogP contribution in [0.25, 0.3) is 21.7 Å². The average Bonchev–Trinajstić information content (AvgIpc) is 2.66. The molecule has 0 amide bonds. The van der Waals surface area contributed by atoms with Crippen LogP contribution in [0.3, 0.4) is 0 Å². The molecule has 3 aromatic rings. The summed E-state index contributed by atoms with van der Waals surface area (Å²) in [5.74, 6) is 0. The summed E-state index contributed by atoms with van der Waals surface area (Å²) < 4.78 is 1.31. The molecule has 0 aliphatic rings. The molecule has 1 aromatic heterocycles. The summed E-state index contributed by atoms with van der Waals surface area (Å²) in [5, 5.41) is 3.91. The second-order valence-electron chi connectivity index (χ2n) is 3.35. The van der Waals surface area contributed by atoms with E-state index >= 15 is 0 Å². The van der Waals surface area contributed by atoms with Crippen LogP contribution in [-0.4, -0.2) is 4.98 Å². The maximum absolute atomic E-state index is 3.29. The number of hydrogen-bond acceptors (Lipinski definition) is 0. The first kappa shape index (κ1) is 8.29. The number of nitrogens with one attached hydrogen (secondary N) is 1. The summed E-state index contributed by atoms with van der Waals surface area (Å²) in [6.07, 6.45) is 1.99. The molecule has 0 aliphatic heterocycles. The second kappa shape index (κ2) is 2.98. The van der Waals surface area contributed by atoms with Gasteiger partial charge in [-0.2, -0.15) is 0 Å². The number of H-pyrrole nitrogens is 1. The first-order valence-electron chi connectivity index (χ1n) is 4.50. The molecule has 1 heterocycles. The van der Waals surface area contributed by atoms with Crippen LogP contribution < -0.4 is 0 Å². The standard InChI is InChI=1S/C12H8IN/c13-11-7-8-5-6-14-12(8)10-4-2-1-3-9(10)11/h1-7,14H. The van der Waals surface area contributed by atoms with Crippen LogP contribution >= 0.6 is 22.6 Å². The number of benzene rings is 2. The lowest BCUT2D eigenvalue weighted by Gasteiger charge is -2.01. The SMILES string of the molecule is Ic1cc2cc[nH]c2c2ccccc12. The molecule has 2 aromatic carbocycles. The molecule has 3 rings (SSSR count). The number of rotatable bonds is 0. The summed E-state index contributed by atoms with van der Waals surface area (Å²) in [7, 11) is 0. The highest BCUT2D eigenvalue weighted by Gasteiger charge is 2.03. The summed E-state index contributed by atoms with van der Waals surface area (Å²) >= 11 is 2.39. The molecule has 0 saturated heterocycles. The average molecular weight is 293 g/mol. The van der Waals surface area contributed by atoms with Gasteiger partial charge in [-0.1, -0.05) is 24.3 Å². The molecule has 1 N–H and O–H groups in total. The highest BCUT2D eigenvalue weighted by molar-refractivity contribution is 14.1. The van der Waals surface area contributed by atoms with Crippen molar-refractivity contribution in [3.8, 4) is 0 Å². The smallest absolute Gasteiger partial charge is 0.0534 e. The van der Waals surface area contributed by atoms with E-state index in [1.165, 1.54) is 25.2 Å². The predicted molar refractivity (Wildman–Crippen MR) is 68.5 cm³/mol. The Bertz CT molecular complexity index is 610. The van der Waals surface area contributed by atoms with Crippen molar-refractivity contribution >= 4 is 44.3 Å². The summed E-state index contributed by atoms with van der Waals surface area (Å²) in [6, 6.07) is 12.8. The maximum atomic E-state index is 3.29. The zero-order valence-electron chi connectivity index (χ0n) is 7.42. The van der Waals surface area contributed by atoms with Crippen LogP contribution in [0, 0.1) is 3.57 Å². The number of halogens is 1. The monoisotopic (exact) mass is 293 g/mol. The maximum Gasteiger partial charge on any atom is 0.0534 e. The predicted octanol–water partition coefficient (Wildman–Crippen LogP) is 3.93. The largest absolute Gasteiger partial charge is 0.361 e. The van der Waals surface area contributed by atoms with Crippen LogP contribution in [0.5, 0.6) is 0 Å². The molecule has 0 spiro atoms. The fourth-order valence-corrected chi connectivity index (χ4v) is 2.66. The molecule has 0 unspecified atom stereocenters. The van der Waals surface area contributed by atoms with Gasteiger partial charge in [0.25, 0.3) is 0 Å². The molecule has 0 fully saturated rings. The first-order valence-corrected chi connectivity index (χ1v) is 5.58. The van der Waals surface area contributed by atoms with Crippen LogP contribution in [0.4, 0.5) is 0 Å². The van der Waals surface area contributed by atoms with E-state index in [0.29, 0.717) is 0 Å². The molecule has 0 bridgehead atoms. The van der Waals surface area contributed by atoms with Gasteiger partial charge in [-0.3, -0.25) is 0 Å². The third-order valence-electron chi connectivity index (χ3n) is 2.52. The van der Waals surface area contributed by atoms with Gasteiger partial charge in [-0.15, -0.1) is 0 Å². The van der Waals surface area contributed by atoms with Gasteiger partial charge in [-0.25, -0.2) is 0 Å². The van der Waals surface area contributed by atoms with Crippen molar-refractivity contribution in [2.45, 2.75) is 0 Å². The van der Waals surface area contributed by atoms with Crippen molar-refractivity contribution in [2.75, 3.05) is 0 Å². The highest BCUT2D eigenvalue weighted by atomic mass is 127. The van der Waals surface area contributed by atoms with Gasteiger partial charge in [0, 0.05) is 20.5 Å². The highest BCUT2D eigenvalue weighted by Crippen LogP contribution is 2.28. The van der Waals surface area contributed by atoms with Crippen LogP contribution in [0.2, 0.25) is 0 Å². The van der Waals surface area contributed by atoms with Crippen LogP contribution in [-0.2, 0) is 0 Å². The van der Waals surface area contributed by atoms with Crippen LogP contribution in [0.1, 0.15) is 0 Å². The summed E-state index contributed by atoms with van der Waals surface area (Å²) in [4.78, 5) is 3.29. The zero-order chi connectivity index (χ0) is 9.54. The molecule has 1 nitrogen and oxygen atoms in total. The Balaban J connectivity index is 2.67. The van der Waals surface area contributed by atoms with Gasteiger partial charge < -0.3 is 4.98 Å². The number of hydrogen-bond donors (Lipinski definition) is 1. The Morgan fingerprint density at radius 2 is 1.79 bits per heavy atom. The van der Waals surface area contributed by atoms with Crippen molar-refractivity contribution in [3.63, 3.8) is 0 Å². The van der Waals surface area contributed by atoms with Crippen molar-refractivity contribution < 1.29 is 0 Å². The van der Waals surface area contributed by atoms with E-state index in [4.69, 9.17) is 0 Å². The molecule has 68 valence electrons. The Morgan fingerprint density at radius 1 is 1.00 bits per heavy atom. The van der Waals surface area contributed by atoms with E-state index < -0.39 is 0 Å². The molecule has 0 radical (unpaired) electrons. The van der Waals surface area contributed by atoms with Gasteiger partial charge >= 0.3 is 0 Å². The van der Waals surface area contributed by atoms with Crippen LogP contribution in [0.15, 0.2) is 42.6 Å². The number of aromatic nitrogens is 1. The fourth-order valence-electron chi connectivity index (χ4n) is 1.86. The van der Waals surface area contributed by atoms with E-state index in [-0.39, 0.29) is 0 Å².